The number of aromatic amines is 1. The van der Waals surface area contributed by atoms with Crippen molar-refractivity contribution in [3.8, 4) is 0 Å². The molecule has 0 saturated carbocycles. The maximum absolute atomic E-state index is 12.4. The average molecular weight is 373 g/mol. The highest BCUT2D eigenvalue weighted by atomic mass is 35.5. The second kappa shape index (κ2) is 6.16. The Balaban J connectivity index is 1.84. The van der Waals surface area contributed by atoms with Crippen LogP contribution in [0.15, 0.2) is 4.79 Å². The molecule has 8 heteroatoms. The first-order chi connectivity index (χ1) is 10.7. The summed E-state index contributed by atoms with van der Waals surface area (Å²) in [5.74, 6) is 0.743. The van der Waals surface area contributed by atoms with Crippen molar-refractivity contribution < 1.29 is 0 Å². The lowest BCUT2D eigenvalue weighted by Crippen LogP contribution is -2.37. The second-order valence-electron chi connectivity index (χ2n) is 6.73. The first kappa shape index (κ1) is 16.9. The third-order valence-corrected chi connectivity index (χ3v) is 5.42. The van der Waals surface area contributed by atoms with Crippen LogP contribution in [-0.4, -0.2) is 26.4 Å². The van der Waals surface area contributed by atoms with Gasteiger partial charge >= 0.3 is 0 Å². The van der Waals surface area contributed by atoms with E-state index < -0.39 is 0 Å². The summed E-state index contributed by atoms with van der Waals surface area (Å²) in [5.41, 5.74) is 1.44. The van der Waals surface area contributed by atoms with Gasteiger partial charge in [0.1, 0.15) is 11.0 Å². The van der Waals surface area contributed by atoms with Gasteiger partial charge in [-0.15, -0.1) is 11.3 Å². The first-order valence-electron chi connectivity index (χ1n) is 7.39. The zero-order chi connectivity index (χ0) is 16.8. The van der Waals surface area contributed by atoms with Gasteiger partial charge in [-0.05, 0) is 0 Å². The van der Waals surface area contributed by atoms with E-state index in [1.165, 1.54) is 11.3 Å². The van der Waals surface area contributed by atoms with E-state index in [9.17, 15) is 4.79 Å². The predicted octanol–water partition coefficient (Wildman–Crippen LogP) is 3.39. The SMILES string of the molecule is CC(C)(C)c1nc2c(c(=O)[nH]1)CN(Cc1sc(Cl)nc1Cl)CC2. The minimum Gasteiger partial charge on any atom is -0.310 e. The molecule has 0 aromatic carbocycles. The number of thiazole rings is 1. The van der Waals surface area contributed by atoms with E-state index in [4.69, 9.17) is 23.2 Å². The van der Waals surface area contributed by atoms with E-state index in [1.54, 1.807) is 0 Å². The van der Waals surface area contributed by atoms with Gasteiger partial charge in [-0.25, -0.2) is 9.97 Å². The molecule has 0 radical (unpaired) electrons. The Kier molecular flexibility index (Phi) is 4.53. The summed E-state index contributed by atoms with van der Waals surface area (Å²) in [6, 6.07) is 0. The number of aromatic nitrogens is 3. The third-order valence-electron chi connectivity index (χ3n) is 3.85. The van der Waals surface area contributed by atoms with Crippen molar-refractivity contribution in [3.63, 3.8) is 0 Å². The molecule has 1 aliphatic heterocycles. The maximum atomic E-state index is 12.4. The summed E-state index contributed by atoms with van der Waals surface area (Å²) in [4.78, 5) is 27.1. The molecule has 2 aromatic rings. The van der Waals surface area contributed by atoms with Gasteiger partial charge in [-0.2, -0.15) is 0 Å². The van der Waals surface area contributed by atoms with Crippen LogP contribution in [0.5, 0.6) is 0 Å². The maximum Gasteiger partial charge on any atom is 0.255 e. The standard InChI is InChI=1S/C15H18Cl2N4OS/c1-15(2,3)13-18-9-4-5-21(6-8(9)12(22)20-13)7-10-11(16)19-14(17)23-10/h4-7H2,1-3H3,(H,18,20,22). The quantitative estimate of drug-likeness (QED) is 0.877. The van der Waals surface area contributed by atoms with Crippen LogP contribution in [0.3, 0.4) is 0 Å². The molecule has 1 aliphatic rings. The number of H-pyrrole nitrogens is 1. The summed E-state index contributed by atoms with van der Waals surface area (Å²) in [5, 5.41) is 0.445. The van der Waals surface area contributed by atoms with Gasteiger partial charge in [0.15, 0.2) is 4.47 Å². The molecule has 124 valence electrons. The van der Waals surface area contributed by atoms with Gasteiger partial charge in [-0.3, -0.25) is 9.69 Å². The van der Waals surface area contributed by atoms with Crippen molar-refractivity contribution in [3.05, 3.63) is 41.9 Å². The topological polar surface area (TPSA) is 61.9 Å². The summed E-state index contributed by atoms with van der Waals surface area (Å²) in [7, 11) is 0. The lowest BCUT2D eigenvalue weighted by atomic mass is 9.95. The number of nitrogens with zero attached hydrogens (tertiary/aromatic N) is 3. The molecule has 0 fully saturated rings. The fourth-order valence-corrected chi connectivity index (χ4v) is 4.01. The molecule has 0 bridgehead atoms. The van der Waals surface area contributed by atoms with E-state index in [1.807, 2.05) is 20.8 Å². The minimum absolute atomic E-state index is 0.0435. The summed E-state index contributed by atoms with van der Waals surface area (Å²) in [6.45, 7) is 8.17. The lowest BCUT2D eigenvalue weighted by molar-refractivity contribution is 0.243. The monoisotopic (exact) mass is 372 g/mol. The van der Waals surface area contributed by atoms with Crippen LogP contribution in [0.1, 0.15) is 42.7 Å². The molecule has 0 amide bonds. The summed E-state index contributed by atoms with van der Waals surface area (Å²) in [6.07, 6.45) is 0.756. The van der Waals surface area contributed by atoms with Gasteiger partial charge in [-0.1, -0.05) is 44.0 Å². The van der Waals surface area contributed by atoms with E-state index in [0.717, 1.165) is 34.9 Å². The first-order valence-corrected chi connectivity index (χ1v) is 8.97. The van der Waals surface area contributed by atoms with Crippen LogP contribution < -0.4 is 5.56 Å². The number of hydrogen-bond acceptors (Lipinski definition) is 5. The Labute approximate surface area is 148 Å². The molecular formula is C15H18Cl2N4OS. The number of nitrogens with one attached hydrogen (secondary N) is 1. The Morgan fingerprint density at radius 2 is 2.04 bits per heavy atom. The van der Waals surface area contributed by atoms with Crippen molar-refractivity contribution in [2.75, 3.05) is 6.54 Å². The van der Waals surface area contributed by atoms with Crippen molar-refractivity contribution >= 4 is 34.5 Å². The average Bonchev–Trinajstić information content (AvgIpc) is 2.76. The van der Waals surface area contributed by atoms with Gasteiger partial charge in [0.25, 0.3) is 5.56 Å². The smallest absolute Gasteiger partial charge is 0.255 e. The molecule has 1 N–H and O–H groups in total. The highest BCUT2D eigenvalue weighted by Crippen LogP contribution is 2.29. The third kappa shape index (κ3) is 3.60. The van der Waals surface area contributed by atoms with Gasteiger partial charge in [0.2, 0.25) is 0 Å². The van der Waals surface area contributed by atoms with E-state index in [0.29, 0.717) is 22.7 Å². The molecule has 0 spiro atoms. The fraction of sp³-hybridized carbons (Fsp3) is 0.533. The highest BCUT2D eigenvalue weighted by Gasteiger charge is 2.25. The Bertz CT molecular complexity index is 794. The molecule has 0 unspecified atom stereocenters. The zero-order valence-corrected chi connectivity index (χ0v) is 15.6. The van der Waals surface area contributed by atoms with Crippen LogP contribution in [0, 0.1) is 0 Å². The largest absolute Gasteiger partial charge is 0.310 e. The van der Waals surface area contributed by atoms with E-state index in [-0.39, 0.29) is 11.0 Å². The molecule has 3 rings (SSSR count). The molecule has 0 aliphatic carbocycles. The number of halogens is 2. The van der Waals surface area contributed by atoms with Crippen LogP contribution in [0.4, 0.5) is 0 Å². The minimum atomic E-state index is -0.168. The van der Waals surface area contributed by atoms with Crippen molar-refractivity contribution in [2.24, 2.45) is 0 Å². The Morgan fingerprint density at radius 1 is 1.30 bits per heavy atom. The number of fused-ring (bicyclic) bond motifs is 1. The second-order valence-corrected chi connectivity index (χ2v) is 8.75. The molecule has 0 saturated heterocycles. The van der Waals surface area contributed by atoms with Gasteiger partial charge in [0, 0.05) is 31.5 Å². The van der Waals surface area contributed by atoms with Crippen LogP contribution in [0.2, 0.25) is 9.62 Å². The zero-order valence-electron chi connectivity index (χ0n) is 13.2. The van der Waals surface area contributed by atoms with Gasteiger partial charge < -0.3 is 4.98 Å². The molecule has 0 atom stereocenters. The molecular weight excluding hydrogens is 355 g/mol. The lowest BCUT2D eigenvalue weighted by Gasteiger charge is -2.28. The molecule has 23 heavy (non-hydrogen) atoms. The number of rotatable bonds is 2. The molecule has 3 heterocycles. The van der Waals surface area contributed by atoms with E-state index in [2.05, 4.69) is 19.9 Å². The molecule has 5 nitrogen and oxygen atoms in total. The van der Waals surface area contributed by atoms with Crippen molar-refractivity contribution in [2.45, 2.75) is 45.7 Å². The van der Waals surface area contributed by atoms with Gasteiger partial charge in [0.05, 0.1) is 16.1 Å². The van der Waals surface area contributed by atoms with Crippen LogP contribution in [-0.2, 0) is 24.9 Å². The van der Waals surface area contributed by atoms with Crippen molar-refractivity contribution in [1.82, 2.24) is 19.9 Å². The Morgan fingerprint density at radius 3 is 2.65 bits per heavy atom. The summed E-state index contributed by atoms with van der Waals surface area (Å²) < 4.78 is 0.441. The normalized spacial score (nSPS) is 15.7. The Hall–Kier alpha value is -0.950. The summed E-state index contributed by atoms with van der Waals surface area (Å²) >= 11 is 13.3. The van der Waals surface area contributed by atoms with E-state index >= 15 is 0 Å². The van der Waals surface area contributed by atoms with Crippen molar-refractivity contribution in [1.29, 1.82) is 0 Å². The highest BCUT2D eigenvalue weighted by molar-refractivity contribution is 7.16. The van der Waals surface area contributed by atoms with Crippen LogP contribution >= 0.6 is 34.5 Å². The number of hydrogen-bond donors (Lipinski definition) is 1. The fourth-order valence-electron chi connectivity index (χ4n) is 2.58. The van der Waals surface area contributed by atoms with Crippen LogP contribution in [0.25, 0.3) is 0 Å². The predicted molar refractivity (Wildman–Crippen MR) is 93.5 cm³/mol. The molecule has 2 aromatic heterocycles.